The summed E-state index contributed by atoms with van der Waals surface area (Å²) in [5.74, 6) is -0.0162. The van der Waals surface area contributed by atoms with Crippen LogP contribution in [0.2, 0.25) is 0 Å². The summed E-state index contributed by atoms with van der Waals surface area (Å²) in [5.41, 5.74) is 7.12. The molecule has 1 aliphatic rings. The molecule has 0 spiro atoms. The molecule has 1 aromatic carbocycles. The van der Waals surface area contributed by atoms with Gasteiger partial charge in [0.05, 0.1) is 7.11 Å². The second-order valence-electron chi connectivity index (χ2n) is 5.96. The molecule has 4 heteroatoms. The fourth-order valence-electron chi connectivity index (χ4n) is 2.63. The van der Waals surface area contributed by atoms with Gasteiger partial charge in [-0.25, -0.2) is 4.39 Å². The summed E-state index contributed by atoms with van der Waals surface area (Å²) in [6.07, 6.45) is 2.13. The average Bonchev–Trinajstić information content (AvgIpc) is 2.35. The van der Waals surface area contributed by atoms with Crippen molar-refractivity contribution in [3.63, 3.8) is 0 Å². The summed E-state index contributed by atoms with van der Waals surface area (Å²) in [5, 5.41) is 0. The second kappa shape index (κ2) is 5.47. The maximum Gasteiger partial charge on any atom is 0.165 e. The van der Waals surface area contributed by atoms with Crippen molar-refractivity contribution in [3.8, 4) is 5.75 Å². The largest absolute Gasteiger partial charge is 0.494 e. The van der Waals surface area contributed by atoms with Gasteiger partial charge in [0.15, 0.2) is 11.6 Å². The first kappa shape index (κ1) is 14.3. The third-order valence-electron chi connectivity index (χ3n) is 4.03. The van der Waals surface area contributed by atoms with E-state index in [1.165, 1.54) is 7.11 Å². The van der Waals surface area contributed by atoms with Gasteiger partial charge in [-0.2, -0.15) is 0 Å². The molecule has 106 valence electrons. The zero-order chi connectivity index (χ0) is 14.0. The van der Waals surface area contributed by atoms with Gasteiger partial charge in [0.25, 0.3) is 0 Å². The maximum atomic E-state index is 13.7. The number of ether oxygens (including phenoxy) is 1. The lowest BCUT2D eigenvalue weighted by Crippen LogP contribution is -2.53. The van der Waals surface area contributed by atoms with Crippen molar-refractivity contribution in [2.45, 2.75) is 44.8 Å². The summed E-state index contributed by atoms with van der Waals surface area (Å²) in [4.78, 5) is 2.34. The van der Waals surface area contributed by atoms with Gasteiger partial charge in [-0.15, -0.1) is 0 Å². The van der Waals surface area contributed by atoms with Gasteiger partial charge in [-0.1, -0.05) is 6.07 Å². The molecule has 0 aromatic heterocycles. The van der Waals surface area contributed by atoms with Crippen LogP contribution in [0.25, 0.3) is 0 Å². The lowest BCUT2D eigenvalue weighted by Gasteiger charge is -2.44. The number of nitrogens with zero attached hydrogens (tertiary/aromatic N) is 1. The molecular formula is C15H23FN2O. The Bertz CT molecular complexity index is 448. The van der Waals surface area contributed by atoms with Crippen LogP contribution in [0.5, 0.6) is 5.75 Å². The van der Waals surface area contributed by atoms with E-state index in [0.717, 1.165) is 31.5 Å². The van der Waals surface area contributed by atoms with Crippen LogP contribution in [0.1, 0.15) is 32.3 Å². The minimum atomic E-state index is -0.306. The van der Waals surface area contributed by atoms with E-state index < -0.39 is 0 Å². The Kier molecular flexibility index (Phi) is 4.11. The Labute approximate surface area is 114 Å². The maximum absolute atomic E-state index is 13.7. The number of halogens is 1. The molecule has 1 fully saturated rings. The Balaban J connectivity index is 2.13. The van der Waals surface area contributed by atoms with Crippen molar-refractivity contribution in [1.82, 2.24) is 4.90 Å². The molecule has 0 bridgehead atoms. The standard InChI is InChI=1S/C15H23FN2O/c1-15(2)7-6-12(17)10-18(15)9-11-4-5-14(19-3)13(16)8-11/h4-5,8,12H,6-7,9-10,17H2,1-3H3. The predicted octanol–water partition coefficient (Wildman–Crippen LogP) is 2.54. The first-order chi connectivity index (χ1) is 8.92. The van der Waals surface area contributed by atoms with E-state index in [-0.39, 0.29) is 17.4 Å². The molecule has 1 unspecified atom stereocenters. The topological polar surface area (TPSA) is 38.5 Å². The van der Waals surface area contributed by atoms with E-state index in [9.17, 15) is 4.39 Å². The molecule has 1 aliphatic heterocycles. The summed E-state index contributed by atoms with van der Waals surface area (Å²) >= 11 is 0. The third-order valence-corrected chi connectivity index (χ3v) is 4.03. The lowest BCUT2D eigenvalue weighted by molar-refractivity contribution is 0.0584. The molecule has 1 aromatic rings. The zero-order valence-electron chi connectivity index (χ0n) is 11.9. The molecular weight excluding hydrogens is 243 g/mol. The summed E-state index contributed by atoms with van der Waals surface area (Å²) in [6, 6.07) is 5.37. The van der Waals surface area contributed by atoms with Crippen molar-refractivity contribution in [1.29, 1.82) is 0 Å². The van der Waals surface area contributed by atoms with Gasteiger partial charge in [0.1, 0.15) is 0 Å². The second-order valence-corrected chi connectivity index (χ2v) is 5.96. The van der Waals surface area contributed by atoms with E-state index in [4.69, 9.17) is 10.5 Å². The molecule has 19 heavy (non-hydrogen) atoms. The molecule has 1 heterocycles. The number of rotatable bonds is 3. The number of hydrogen-bond acceptors (Lipinski definition) is 3. The fraction of sp³-hybridized carbons (Fsp3) is 0.600. The van der Waals surface area contributed by atoms with Crippen LogP contribution >= 0.6 is 0 Å². The monoisotopic (exact) mass is 266 g/mol. The van der Waals surface area contributed by atoms with Gasteiger partial charge in [0, 0.05) is 24.7 Å². The Hall–Kier alpha value is -1.13. The van der Waals surface area contributed by atoms with Crippen LogP contribution in [0.15, 0.2) is 18.2 Å². The smallest absolute Gasteiger partial charge is 0.165 e. The number of benzene rings is 1. The normalized spacial score (nSPS) is 23.3. The molecule has 0 radical (unpaired) electrons. The molecule has 1 atom stereocenters. The summed E-state index contributed by atoms with van der Waals surface area (Å²) < 4.78 is 18.6. The predicted molar refractivity (Wildman–Crippen MR) is 74.7 cm³/mol. The zero-order valence-corrected chi connectivity index (χ0v) is 11.9. The van der Waals surface area contributed by atoms with Crippen molar-refractivity contribution in [2.24, 2.45) is 5.73 Å². The highest BCUT2D eigenvalue weighted by molar-refractivity contribution is 5.29. The van der Waals surface area contributed by atoms with Crippen LogP contribution in [0.4, 0.5) is 4.39 Å². The van der Waals surface area contributed by atoms with E-state index in [1.54, 1.807) is 12.1 Å². The fourth-order valence-corrected chi connectivity index (χ4v) is 2.63. The van der Waals surface area contributed by atoms with Crippen molar-refractivity contribution in [3.05, 3.63) is 29.6 Å². The van der Waals surface area contributed by atoms with Crippen LogP contribution in [0.3, 0.4) is 0 Å². The van der Waals surface area contributed by atoms with Gasteiger partial charge >= 0.3 is 0 Å². The SMILES string of the molecule is COc1ccc(CN2CC(N)CCC2(C)C)cc1F. The van der Waals surface area contributed by atoms with Gasteiger partial charge < -0.3 is 10.5 Å². The number of piperidine rings is 1. The van der Waals surface area contributed by atoms with Gasteiger partial charge in [-0.3, -0.25) is 4.90 Å². The third kappa shape index (κ3) is 3.25. The van der Waals surface area contributed by atoms with E-state index in [0.29, 0.717) is 5.75 Å². The Morgan fingerprint density at radius 1 is 1.47 bits per heavy atom. The molecule has 3 nitrogen and oxygen atoms in total. The number of nitrogens with two attached hydrogens (primary N) is 1. The van der Waals surface area contributed by atoms with Crippen molar-refractivity contribution >= 4 is 0 Å². The van der Waals surface area contributed by atoms with Crippen LogP contribution in [0, 0.1) is 5.82 Å². The minimum Gasteiger partial charge on any atom is -0.494 e. The highest BCUT2D eigenvalue weighted by atomic mass is 19.1. The highest BCUT2D eigenvalue weighted by Gasteiger charge is 2.32. The average molecular weight is 266 g/mol. The van der Waals surface area contributed by atoms with Gasteiger partial charge in [-0.05, 0) is 44.4 Å². The number of likely N-dealkylation sites (tertiary alicyclic amines) is 1. The van der Waals surface area contributed by atoms with Crippen molar-refractivity contribution < 1.29 is 9.13 Å². The molecule has 2 N–H and O–H groups in total. The van der Waals surface area contributed by atoms with E-state index in [1.807, 2.05) is 6.07 Å². The summed E-state index contributed by atoms with van der Waals surface area (Å²) in [6.45, 7) is 6.03. The molecule has 0 saturated carbocycles. The lowest BCUT2D eigenvalue weighted by atomic mass is 9.88. The van der Waals surface area contributed by atoms with E-state index >= 15 is 0 Å². The molecule has 2 rings (SSSR count). The molecule has 0 amide bonds. The number of hydrogen-bond donors (Lipinski definition) is 1. The number of methoxy groups -OCH3 is 1. The van der Waals surface area contributed by atoms with E-state index in [2.05, 4.69) is 18.7 Å². The molecule has 0 aliphatic carbocycles. The Morgan fingerprint density at radius 2 is 2.21 bits per heavy atom. The first-order valence-electron chi connectivity index (χ1n) is 6.75. The first-order valence-corrected chi connectivity index (χ1v) is 6.75. The van der Waals surface area contributed by atoms with Crippen LogP contribution < -0.4 is 10.5 Å². The van der Waals surface area contributed by atoms with Crippen molar-refractivity contribution in [2.75, 3.05) is 13.7 Å². The van der Waals surface area contributed by atoms with Crippen LogP contribution in [-0.2, 0) is 6.54 Å². The quantitative estimate of drug-likeness (QED) is 0.913. The summed E-state index contributed by atoms with van der Waals surface area (Å²) in [7, 11) is 1.48. The molecule has 1 saturated heterocycles. The highest BCUT2D eigenvalue weighted by Crippen LogP contribution is 2.29. The Morgan fingerprint density at radius 3 is 2.84 bits per heavy atom. The van der Waals surface area contributed by atoms with Crippen LogP contribution in [-0.4, -0.2) is 30.1 Å². The minimum absolute atomic E-state index is 0.117. The van der Waals surface area contributed by atoms with Gasteiger partial charge in [0.2, 0.25) is 0 Å².